The van der Waals surface area contributed by atoms with Crippen molar-refractivity contribution in [1.82, 2.24) is 14.7 Å². The SMILES string of the molecule is CCCN(CC(=O)Nc1cc(C(C)(C)C)nn1-c1cccc(C)c1C)C(=O)COc1ccccc1. The van der Waals surface area contributed by atoms with E-state index in [1.165, 1.54) is 4.90 Å². The highest BCUT2D eigenvalue weighted by Gasteiger charge is 2.23. The fraction of sp³-hybridized carbons (Fsp3) is 0.393. The first-order valence-corrected chi connectivity index (χ1v) is 12.0. The van der Waals surface area contributed by atoms with Crippen LogP contribution in [0, 0.1) is 13.8 Å². The molecular weight excluding hydrogens is 440 g/mol. The molecule has 7 heteroatoms. The fourth-order valence-electron chi connectivity index (χ4n) is 3.66. The number of anilines is 1. The Bertz CT molecular complexity index is 1160. The van der Waals surface area contributed by atoms with E-state index in [1.54, 1.807) is 16.8 Å². The zero-order valence-corrected chi connectivity index (χ0v) is 21.6. The van der Waals surface area contributed by atoms with Crippen molar-refractivity contribution in [3.05, 3.63) is 71.4 Å². The summed E-state index contributed by atoms with van der Waals surface area (Å²) in [6.07, 6.45) is 0.735. The molecule has 3 rings (SSSR count). The van der Waals surface area contributed by atoms with Gasteiger partial charge in [0.05, 0.1) is 11.4 Å². The van der Waals surface area contributed by atoms with Crippen LogP contribution in [-0.2, 0) is 15.0 Å². The average molecular weight is 477 g/mol. The Labute approximate surface area is 208 Å². The van der Waals surface area contributed by atoms with Crippen molar-refractivity contribution in [1.29, 1.82) is 0 Å². The third-order valence-corrected chi connectivity index (χ3v) is 5.84. The van der Waals surface area contributed by atoms with Gasteiger partial charge in [-0.15, -0.1) is 0 Å². The Morgan fingerprint density at radius 3 is 2.43 bits per heavy atom. The van der Waals surface area contributed by atoms with Crippen LogP contribution in [0.1, 0.15) is 50.9 Å². The van der Waals surface area contributed by atoms with Gasteiger partial charge in [-0.05, 0) is 49.6 Å². The van der Waals surface area contributed by atoms with E-state index in [4.69, 9.17) is 9.84 Å². The molecule has 0 fully saturated rings. The summed E-state index contributed by atoms with van der Waals surface area (Å²) in [4.78, 5) is 27.4. The summed E-state index contributed by atoms with van der Waals surface area (Å²) in [5.74, 6) is 0.689. The summed E-state index contributed by atoms with van der Waals surface area (Å²) in [7, 11) is 0. The predicted molar refractivity (Wildman–Crippen MR) is 139 cm³/mol. The zero-order valence-electron chi connectivity index (χ0n) is 21.6. The second-order valence-corrected chi connectivity index (χ2v) is 9.76. The first-order chi connectivity index (χ1) is 16.6. The lowest BCUT2D eigenvalue weighted by molar-refractivity contribution is -0.136. The van der Waals surface area contributed by atoms with E-state index in [2.05, 4.69) is 39.1 Å². The molecule has 1 heterocycles. The molecule has 2 aromatic carbocycles. The van der Waals surface area contributed by atoms with Crippen LogP contribution in [0.5, 0.6) is 5.75 Å². The number of aryl methyl sites for hydroxylation is 1. The van der Waals surface area contributed by atoms with Crippen LogP contribution in [0.4, 0.5) is 5.82 Å². The summed E-state index contributed by atoms with van der Waals surface area (Å²) < 4.78 is 7.38. The molecule has 35 heavy (non-hydrogen) atoms. The summed E-state index contributed by atoms with van der Waals surface area (Å²) in [5.41, 5.74) is 3.82. The van der Waals surface area contributed by atoms with Crippen LogP contribution < -0.4 is 10.1 Å². The smallest absolute Gasteiger partial charge is 0.260 e. The normalized spacial score (nSPS) is 11.3. The van der Waals surface area contributed by atoms with Crippen LogP contribution in [0.25, 0.3) is 5.69 Å². The van der Waals surface area contributed by atoms with Crippen LogP contribution in [0.15, 0.2) is 54.6 Å². The number of para-hydroxylation sites is 1. The lowest BCUT2D eigenvalue weighted by Crippen LogP contribution is -2.41. The van der Waals surface area contributed by atoms with Crippen LogP contribution in [0.2, 0.25) is 0 Å². The Kier molecular flexibility index (Phi) is 8.33. The maximum Gasteiger partial charge on any atom is 0.260 e. The van der Waals surface area contributed by atoms with Gasteiger partial charge in [0.1, 0.15) is 18.1 Å². The molecule has 1 aromatic heterocycles. The molecule has 0 spiro atoms. The summed E-state index contributed by atoms with van der Waals surface area (Å²) >= 11 is 0. The molecule has 186 valence electrons. The number of nitrogens with one attached hydrogen (secondary N) is 1. The van der Waals surface area contributed by atoms with Crippen LogP contribution in [0.3, 0.4) is 0 Å². The van der Waals surface area contributed by atoms with Crippen LogP contribution >= 0.6 is 0 Å². The van der Waals surface area contributed by atoms with Gasteiger partial charge in [0.2, 0.25) is 5.91 Å². The minimum Gasteiger partial charge on any atom is -0.484 e. The van der Waals surface area contributed by atoms with E-state index in [-0.39, 0.29) is 30.4 Å². The molecule has 2 amide bonds. The predicted octanol–water partition coefficient (Wildman–Crippen LogP) is 5.04. The van der Waals surface area contributed by atoms with Gasteiger partial charge in [0.25, 0.3) is 5.91 Å². The first kappa shape index (κ1) is 26.0. The van der Waals surface area contributed by atoms with Crippen molar-refractivity contribution in [2.45, 2.75) is 53.4 Å². The van der Waals surface area contributed by atoms with Gasteiger partial charge in [-0.3, -0.25) is 9.59 Å². The molecule has 0 bridgehead atoms. The number of ether oxygens (including phenoxy) is 1. The minimum absolute atomic E-state index is 0.0619. The number of rotatable bonds is 9. The summed E-state index contributed by atoms with van der Waals surface area (Å²) in [5, 5.41) is 7.81. The maximum atomic E-state index is 13.1. The molecule has 0 aliphatic carbocycles. The van der Waals surface area contributed by atoms with E-state index < -0.39 is 0 Å². The minimum atomic E-state index is -0.279. The molecule has 0 unspecified atom stereocenters. The van der Waals surface area contributed by atoms with E-state index in [0.717, 1.165) is 28.9 Å². The van der Waals surface area contributed by atoms with Crippen LogP contribution in [-0.4, -0.2) is 46.2 Å². The number of hydrogen-bond donors (Lipinski definition) is 1. The maximum absolute atomic E-state index is 13.1. The Morgan fingerprint density at radius 2 is 1.77 bits per heavy atom. The van der Waals surface area contributed by atoms with E-state index in [1.807, 2.05) is 50.2 Å². The first-order valence-electron chi connectivity index (χ1n) is 12.0. The third-order valence-electron chi connectivity index (χ3n) is 5.84. The lowest BCUT2D eigenvalue weighted by atomic mass is 9.92. The van der Waals surface area contributed by atoms with Crippen molar-refractivity contribution in [2.24, 2.45) is 0 Å². The van der Waals surface area contributed by atoms with Gasteiger partial charge >= 0.3 is 0 Å². The highest BCUT2D eigenvalue weighted by Crippen LogP contribution is 2.28. The number of aromatic nitrogens is 2. The van der Waals surface area contributed by atoms with Gasteiger partial charge in [0, 0.05) is 18.0 Å². The second-order valence-electron chi connectivity index (χ2n) is 9.76. The van der Waals surface area contributed by atoms with Crippen molar-refractivity contribution >= 4 is 17.6 Å². The monoisotopic (exact) mass is 476 g/mol. The zero-order chi connectivity index (χ0) is 25.6. The molecule has 3 aromatic rings. The molecule has 0 atom stereocenters. The molecular formula is C28H36N4O3. The number of benzene rings is 2. The molecule has 0 aliphatic rings. The highest BCUT2D eigenvalue weighted by molar-refractivity contribution is 5.94. The lowest BCUT2D eigenvalue weighted by Gasteiger charge is -2.22. The summed E-state index contributed by atoms with van der Waals surface area (Å²) in [6, 6.07) is 17.1. The molecule has 1 N–H and O–H groups in total. The van der Waals surface area contributed by atoms with Gasteiger partial charge in [-0.2, -0.15) is 5.10 Å². The average Bonchev–Trinajstić information content (AvgIpc) is 3.23. The molecule has 0 radical (unpaired) electrons. The van der Waals surface area contributed by atoms with E-state index >= 15 is 0 Å². The standard InChI is InChI=1S/C28H36N4O3/c1-7-16-31(27(34)19-35-22-13-9-8-10-14-22)18-26(33)29-25-17-24(28(4,5)6)30-32(25)23-15-11-12-20(2)21(23)3/h8-15,17H,7,16,18-19H2,1-6H3,(H,29,33). The number of carbonyl (C=O) groups excluding carboxylic acids is 2. The number of amides is 2. The highest BCUT2D eigenvalue weighted by atomic mass is 16.5. The van der Waals surface area contributed by atoms with Gasteiger partial charge in [-0.25, -0.2) is 4.68 Å². The Morgan fingerprint density at radius 1 is 1.06 bits per heavy atom. The fourth-order valence-corrected chi connectivity index (χ4v) is 3.66. The Balaban J connectivity index is 1.78. The number of nitrogens with zero attached hydrogens (tertiary/aromatic N) is 3. The van der Waals surface area contributed by atoms with Crippen molar-refractivity contribution in [3.63, 3.8) is 0 Å². The van der Waals surface area contributed by atoms with Gasteiger partial charge in [-0.1, -0.05) is 58.0 Å². The summed E-state index contributed by atoms with van der Waals surface area (Å²) in [6.45, 7) is 12.6. The van der Waals surface area contributed by atoms with E-state index in [0.29, 0.717) is 18.1 Å². The number of hydrogen-bond acceptors (Lipinski definition) is 4. The van der Waals surface area contributed by atoms with Crippen molar-refractivity contribution in [2.75, 3.05) is 25.0 Å². The van der Waals surface area contributed by atoms with Crippen molar-refractivity contribution in [3.8, 4) is 11.4 Å². The van der Waals surface area contributed by atoms with Gasteiger partial charge in [0.15, 0.2) is 6.61 Å². The number of carbonyl (C=O) groups is 2. The largest absolute Gasteiger partial charge is 0.484 e. The quantitative estimate of drug-likeness (QED) is 0.469. The van der Waals surface area contributed by atoms with Crippen molar-refractivity contribution < 1.29 is 14.3 Å². The topological polar surface area (TPSA) is 76.5 Å². The molecule has 0 saturated carbocycles. The van der Waals surface area contributed by atoms with E-state index in [9.17, 15) is 9.59 Å². The second kappa shape index (κ2) is 11.2. The molecule has 7 nitrogen and oxygen atoms in total. The third kappa shape index (κ3) is 6.72. The molecule has 0 aliphatic heterocycles. The van der Waals surface area contributed by atoms with Gasteiger partial charge < -0.3 is 15.0 Å². The Hall–Kier alpha value is -3.61. The molecule has 0 saturated heterocycles.